The molecule has 3 aliphatic rings. The third-order valence-electron chi connectivity index (χ3n) is 7.37. The summed E-state index contributed by atoms with van der Waals surface area (Å²) < 4.78 is 6.98. The number of carbonyl (C=O) groups is 1. The first-order chi connectivity index (χ1) is 14.1. The highest BCUT2D eigenvalue weighted by Gasteiger charge is 2.47. The van der Waals surface area contributed by atoms with E-state index in [-0.39, 0.29) is 18.6 Å². The molecule has 0 spiro atoms. The first-order valence-corrected chi connectivity index (χ1v) is 10.8. The third-order valence-corrected chi connectivity index (χ3v) is 7.37. The maximum absolute atomic E-state index is 11.9. The number of benzene rings is 1. The molecule has 156 valence electrons. The third kappa shape index (κ3) is 3.02. The second-order valence-electron chi connectivity index (χ2n) is 8.88. The van der Waals surface area contributed by atoms with Crippen LogP contribution in [0.4, 0.5) is 5.95 Å². The Bertz CT molecular complexity index is 912. The van der Waals surface area contributed by atoms with Gasteiger partial charge < -0.3 is 19.3 Å². The summed E-state index contributed by atoms with van der Waals surface area (Å²) in [5.74, 6) is 1.72. The van der Waals surface area contributed by atoms with Crippen molar-refractivity contribution in [2.75, 3.05) is 38.3 Å². The molecule has 1 aromatic carbocycles. The monoisotopic (exact) mass is 398 g/mol. The average molecular weight is 399 g/mol. The zero-order valence-electron chi connectivity index (χ0n) is 17.3. The van der Waals surface area contributed by atoms with E-state index in [1.54, 1.807) is 6.07 Å². The van der Waals surface area contributed by atoms with Crippen LogP contribution in [0, 0.1) is 11.8 Å². The van der Waals surface area contributed by atoms with E-state index in [9.17, 15) is 9.90 Å². The molecule has 0 radical (unpaired) electrons. The number of imidazole rings is 1. The number of anilines is 1. The number of aryl methyl sites for hydroxylation is 1. The first-order valence-electron chi connectivity index (χ1n) is 10.8. The number of nitrogens with zero attached hydrogens (tertiary/aromatic N) is 4. The van der Waals surface area contributed by atoms with Crippen LogP contribution in [0.3, 0.4) is 0 Å². The van der Waals surface area contributed by atoms with E-state index in [0.717, 1.165) is 36.6 Å². The van der Waals surface area contributed by atoms with Crippen LogP contribution in [-0.2, 0) is 11.8 Å². The Morgan fingerprint density at radius 1 is 1.28 bits per heavy atom. The van der Waals surface area contributed by atoms with Crippen molar-refractivity contribution in [2.24, 2.45) is 18.9 Å². The van der Waals surface area contributed by atoms with Crippen LogP contribution in [-0.4, -0.2) is 71.0 Å². The molecule has 5 rings (SSSR count). The fourth-order valence-electron chi connectivity index (χ4n) is 6.04. The van der Waals surface area contributed by atoms with Gasteiger partial charge in [-0.15, -0.1) is 0 Å². The highest BCUT2D eigenvalue weighted by molar-refractivity contribution is 5.94. The molecule has 7 heteroatoms. The highest BCUT2D eigenvalue weighted by Crippen LogP contribution is 2.42. The lowest BCUT2D eigenvalue weighted by Crippen LogP contribution is -2.64. The SMILES string of the molecule is COC(=O)c1ccc2c(c1)nc(N1C[C@H]3C[C@@H](C1)[C@H](CO)N1CCCC[C@@H]31)n2C. The summed E-state index contributed by atoms with van der Waals surface area (Å²) in [6, 6.07) is 6.41. The van der Waals surface area contributed by atoms with Crippen molar-refractivity contribution in [1.82, 2.24) is 14.5 Å². The number of aromatic nitrogens is 2. The number of fused-ring (bicyclic) bond motifs is 5. The van der Waals surface area contributed by atoms with E-state index in [1.807, 2.05) is 19.2 Å². The molecule has 29 heavy (non-hydrogen) atoms. The molecule has 3 aliphatic heterocycles. The molecule has 3 fully saturated rings. The number of ether oxygens (including phenoxy) is 1. The fourth-order valence-corrected chi connectivity index (χ4v) is 6.04. The van der Waals surface area contributed by atoms with Crippen molar-refractivity contribution < 1.29 is 14.6 Å². The summed E-state index contributed by atoms with van der Waals surface area (Å²) in [5, 5.41) is 10.1. The predicted molar refractivity (Wildman–Crippen MR) is 111 cm³/mol. The van der Waals surface area contributed by atoms with Crippen LogP contribution in [0.1, 0.15) is 36.0 Å². The van der Waals surface area contributed by atoms with Gasteiger partial charge in [0, 0.05) is 32.2 Å². The molecule has 0 amide bonds. The summed E-state index contributed by atoms with van der Waals surface area (Å²) in [7, 11) is 3.44. The lowest BCUT2D eigenvalue weighted by atomic mass is 9.72. The Labute approximate surface area is 171 Å². The number of piperidine rings is 3. The van der Waals surface area contributed by atoms with Gasteiger partial charge in [0.15, 0.2) is 0 Å². The molecule has 0 saturated carbocycles. The van der Waals surface area contributed by atoms with Crippen LogP contribution >= 0.6 is 0 Å². The van der Waals surface area contributed by atoms with Gasteiger partial charge in [0.2, 0.25) is 5.95 Å². The van der Waals surface area contributed by atoms with Crippen molar-refractivity contribution in [3.05, 3.63) is 23.8 Å². The lowest BCUT2D eigenvalue weighted by molar-refractivity contribution is -0.0520. The minimum atomic E-state index is -0.338. The van der Waals surface area contributed by atoms with Gasteiger partial charge in [-0.1, -0.05) is 6.42 Å². The number of aliphatic hydroxyl groups excluding tert-OH is 1. The molecular weight excluding hydrogens is 368 g/mol. The Morgan fingerprint density at radius 2 is 2.10 bits per heavy atom. The molecule has 2 bridgehead atoms. The molecule has 2 aromatic rings. The molecule has 1 aromatic heterocycles. The van der Waals surface area contributed by atoms with Gasteiger partial charge in [0.05, 0.1) is 30.3 Å². The van der Waals surface area contributed by atoms with Gasteiger partial charge in [0.1, 0.15) is 0 Å². The minimum Gasteiger partial charge on any atom is -0.465 e. The van der Waals surface area contributed by atoms with Gasteiger partial charge in [-0.2, -0.15) is 0 Å². The molecule has 7 nitrogen and oxygen atoms in total. The number of carbonyl (C=O) groups excluding carboxylic acids is 1. The number of rotatable bonds is 3. The molecular formula is C22H30N4O3. The van der Waals surface area contributed by atoms with E-state index in [4.69, 9.17) is 9.72 Å². The summed E-state index contributed by atoms with van der Waals surface area (Å²) in [6.07, 6.45) is 5.00. The topological polar surface area (TPSA) is 70.8 Å². The summed E-state index contributed by atoms with van der Waals surface area (Å²) in [6.45, 7) is 3.31. The van der Waals surface area contributed by atoms with Crippen LogP contribution < -0.4 is 4.90 Å². The van der Waals surface area contributed by atoms with Crippen molar-refractivity contribution >= 4 is 23.0 Å². The van der Waals surface area contributed by atoms with Gasteiger partial charge in [0.25, 0.3) is 0 Å². The van der Waals surface area contributed by atoms with Gasteiger partial charge in [-0.25, -0.2) is 9.78 Å². The molecule has 4 atom stereocenters. The number of esters is 1. The first kappa shape index (κ1) is 18.9. The molecule has 0 aliphatic carbocycles. The van der Waals surface area contributed by atoms with E-state index < -0.39 is 0 Å². The van der Waals surface area contributed by atoms with Gasteiger partial charge >= 0.3 is 5.97 Å². The van der Waals surface area contributed by atoms with Crippen LogP contribution in [0.5, 0.6) is 0 Å². The van der Waals surface area contributed by atoms with E-state index >= 15 is 0 Å². The maximum atomic E-state index is 11.9. The average Bonchev–Trinajstić information content (AvgIpc) is 3.09. The molecule has 3 saturated heterocycles. The van der Waals surface area contributed by atoms with Crippen molar-refractivity contribution in [3.63, 3.8) is 0 Å². The summed E-state index contributed by atoms with van der Waals surface area (Å²) in [4.78, 5) is 21.8. The Morgan fingerprint density at radius 3 is 2.90 bits per heavy atom. The number of hydrogen-bond donors (Lipinski definition) is 1. The van der Waals surface area contributed by atoms with Crippen molar-refractivity contribution in [3.8, 4) is 0 Å². The largest absolute Gasteiger partial charge is 0.465 e. The van der Waals surface area contributed by atoms with Gasteiger partial charge in [-0.05, 0) is 55.8 Å². The Hall–Kier alpha value is -2.12. The standard InChI is InChI=1S/C22H30N4O3/c1-24-19-7-6-14(21(28)29-2)10-17(19)23-22(24)25-11-15-9-16(12-25)20(13-27)26-8-4-3-5-18(15)26/h6-7,10,15-16,18,20,27H,3-5,8-9,11-13H2,1-2H3/t15-,16+,18+,20+/m1/s1. The van der Waals surface area contributed by atoms with Crippen molar-refractivity contribution in [1.29, 1.82) is 0 Å². The highest BCUT2D eigenvalue weighted by atomic mass is 16.5. The normalized spacial score (nSPS) is 29.7. The van der Waals surface area contributed by atoms with Gasteiger partial charge in [-0.3, -0.25) is 4.90 Å². The minimum absolute atomic E-state index is 0.243. The smallest absolute Gasteiger partial charge is 0.337 e. The zero-order valence-corrected chi connectivity index (χ0v) is 17.3. The second-order valence-corrected chi connectivity index (χ2v) is 8.88. The lowest BCUT2D eigenvalue weighted by Gasteiger charge is -2.56. The molecule has 0 unspecified atom stereocenters. The molecule has 4 heterocycles. The van der Waals surface area contributed by atoms with E-state index in [0.29, 0.717) is 23.4 Å². The predicted octanol–water partition coefficient (Wildman–Crippen LogP) is 2.03. The maximum Gasteiger partial charge on any atom is 0.337 e. The Balaban J connectivity index is 1.47. The van der Waals surface area contributed by atoms with E-state index in [2.05, 4.69) is 14.4 Å². The van der Waals surface area contributed by atoms with E-state index in [1.165, 1.54) is 32.8 Å². The number of methoxy groups -OCH3 is 1. The number of aliphatic hydroxyl groups is 1. The summed E-state index contributed by atoms with van der Waals surface area (Å²) >= 11 is 0. The zero-order chi connectivity index (χ0) is 20.1. The quantitative estimate of drug-likeness (QED) is 0.798. The van der Waals surface area contributed by atoms with Crippen molar-refractivity contribution in [2.45, 2.75) is 37.8 Å². The second kappa shape index (κ2) is 7.29. The van der Waals surface area contributed by atoms with Crippen LogP contribution in [0.2, 0.25) is 0 Å². The number of hydrogen-bond acceptors (Lipinski definition) is 6. The Kier molecular flexibility index (Phi) is 4.75. The van der Waals surface area contributed by atoms with Crippen LogP contribution in [0.15, 0.2) is 18.2 Å². The fraction of sp³-hybridized carbons (Fsp3) is 0.636. The molecule has 1 N–H and O–H groups in total. The summed E-state index contributed by atoms with van der Waals surface area (Å²) in [5.41, 5.74) is 2.36. The van der Waals surface area contributed by atoms with Crippen LogP contribution in [0.25, 0.3) is 11.0 Å².